The van der Waals surface area contributed by atoms with Gasteiger partial charge in [-0.15, -0.1) is 0 Å². The summed E-state index contributed by atoms with van der Waals surface area (Å²) in [6.45, 7) is 2.98. The van der Waals surface area contributed by atoms with E-state index in [4.69, 9.17) is 14.1 Å². The second-order valence-corrected chi connectivity index (χ2v) is 8.78. The molecule has 0 unspecified atom stereocenters. The second kappa shape index (κ2) is 5.21. The van der Waals surface area contributed by atoms with E-state index >= 15 is 0 Å². The number of furan rings is 1. The molecule has 4 heteroatoms. The fourth-order valence-corrected chi connectivity index (χ4v) is 7.14. The third-order valence-electron chi connectivity index (χ3n) is 8.16. The number of hydrogen-bond acceptors (Lipinski definition) is 4. The van der Waals surface area contributed by atoms with E-state index in [1.807, 2.05) is 6.26 Å². The topological polar surface area (TPSA) is 51.8 Å². The Balaban J connectivity index is 1.62. The van der Waals surface area contributed by atoms with Crippen molar-refractivity contribution in [1.29, 1.82) is 0 Å². The van der Waals surface area contributed by atoms with Crippen LogP contribution in [0.3, 0.4) is 0 Å². The molecule has 0 radical (unpaired) electrons. The third kappa shape index (κ3) is 1.83. The van der Waals surface area contributed by atoms with E-state index < -0.39 is 0 Å². The molecule has 1 aromatic heterocycles. The molecule has 6 atom stereocenters. The average Bonchev–Trinajstić information content (AvgIpc) is 3.09. The summed E-state index contributed by atoms with van der Waals surface area (Å²) >= 11 is 0. The van der Waals surface area contributed by atoms with Gasteiger partial charge in [0.25, 0.3) is 0 Å². The molecule has 2 bridgehead atoms. The Bertz CT molecular complexity index is 737. The normalized spacial score (nSPS) is 44.4. The summed E-state index contributed by atoms with van der Waals surface area (Å²) in [5, 5.41) is 0. The van der Waals surface area contributed by atoms with Crippen LogP contribution in [0.25, 0.3) is 0 Å². The Hall–Kier alpha value is -1.58. The van der Waals surface area contributed by atoms with Crippen LogP contribution in [0, 0.1) is 28.6 Å². The van der Waals surface area contributed by atoms with Gasteiger partial charge >= 0.3 is 5.97 Å². The number of carbonyl (C=O) groups excluding carboxylic acids is 1. The zero-order valence-electron chi connectivity index (χ0n) is 15.2. The van der Waals surface area contributed by atoms with Gasteiger partial charge in [-0.2, -0.15) is 0 Å². The van der Waals surface area contributed by atoms with Crippen LogP contribution in [0.2, 0.25) is 0 Å². The molecule has 0 aromatic carbocycles. The molecule has 3 aliphatic carbocycles. The Morgan fingerprint density at radius 1 is 1.36 bits per heavy atom. The van der Waals surface area contributed by atoms with Crippen molar-refractivity contribution in [3.05, 3.63) is 23.7 Å². The standard InChI is InChI=1S/C21H27NO3/c1-13-14-4-5-18-20(16(14)10-17-15(13)6-9-25-17)7-3-8-21(18,12-22-11-20)19(23)24-2/h6,9,11,13-14,16,18H,3-5,7-8,10,12H2,1-2H3/t13-,14+,16-,18-,20+,21-/m0/s1. The third-order valence-corrected chi connectivity index (χ3v) is 8.16. The van der Waals surface area contributed by atoms with Crippen molar-refractivity contribution in [1.82, 2.24) is 0 Å². The molecule has 5 rings (SSSR count). The van der Waals surface area contributed by atoms with E-state index in [-0.39, 0.29) is 16.8 Å². The van der Waals surface area contributed by atoms with Crippen LogP contribution in [0.1, 0.15) is 56.3 Å². The fraction of sp³-hybridized carbons (Fsp3) is 0.714. The largest absolute Gasteiger partial charge is 0.469 e. The molecule has 2 fully saturated rings. The predicted octanol–water partition coefficient (Wildman–Crippen LogP) is 4.00. The number of ether oxygens (including phenoxy) is 1. The number of esters is 1. The van der Waals surface area contributed by atoms with Crippen LogP contribution in [0.4, 0.5) is 0 Å². The maximum Gasteiger partial charge on any atom is 0.314 e. The Morgan fingerprint density at radius 2 is 2.24 bits per heavy atom. The Labute approximate surface area is 149 Å². The van der Waals surface area contributed by atoms with Crippen LogP contribution in [0.5, 0.6) is 0 Å². The van der Waals surface area contributed by atoms with E-state index in [0.29, 0.717) is 30.2 Å². The number of carbonyl (C=O) groups is 1. The SMILES string of the molecule is COC(=O)[C@@]12CCC[C@]3(C=NC1)[C@@H]2CC[C@@H]1[C@H](C)c2ccoc2C[C@@H]13. The van der Waals surface area contributed by atoms with Gasteiger partial charge < -0.3 is 9.15 Å². The lowest BCUT2D eigenvalue weighted by Crippen LogP contribution is -2.62. The summed E-state index contributed by atoms with van der Waals surface area (Å²) in [5.41, 5.74) is 1.06. The van der Waals surface area contributed by atoms with Crippen LogP contribution >= 0.6 is 0 Å². The van der Waals surface area contributed by atoms with Crippen LogP contribution < -0.4 is 0 Å². The van der Waals surface area contributed by atoms with Crippen LogP contribution in [0.15, 0.2) is 21.7 Å². The van der Waals surface area contributed by atoms with Crippen molar-refractivity contribution in [3.8, 4) is 0 Å². The van der Waals surface area contributed by atoms with E-state index in [0.717, 1.165) is 37.9 Å². The summed E-state index contributed by atoms with van der Waals surface area (Å²) in [5.74, 6) is 3.25. The van der Waals surface area contributed by atoms with E-state index in [9.17, 15) is 4.79 Å². The maximum absolute atomic E-state index is 12.8. The van der Waals surface area contributed by atoms with Gasteiger partial charge in [-0.1, -0.05) is 13.3 Å². The van der Waals surface area contributed by atoms with Crippen molar-refractivity contribution in [2.75, 3.05) is 13.7 Å². The van der Waals surface area contributed by atoms with Gasteiger partial charge in [0, 0.05) is 18.1 Å². The molecule has 0 spiro atoms. The molecular weight excluding hydrogens is 314 g/mol. The lowest BCUT2D eigenvalue weighted by Gasteiger charge is -2.62. The number of methoxy groups -OCH3 is 1. The molecule has 4 aliphatic rings. The van der Waals surface area contributed by atoms with E-state index in [1.165, 1.54) is 19.1 Å². The molecule has 0 saturated heterocycles. The summed E-state index contributed by atoms with van der Waals surface area (Å²) in [6.07, 6.45) is 10.6. The first-order valence-electron chi connectivity index (χ1n) is 9.78. The van der Waals surface area contributed by atoms with E-state index in [2.05, 4.69) is 19.2 Å². The Morgan fingerprint density at radius 3 is 3.08 bits per heavy atom. The van der Waals surface area contributed by atoms with Gasteiger partial charge in [0.15, 0.2) is 0 Å². The smallest absolute Gasteiger partial charge is 0.314 e. The summed E-state index contributed by atoms with van der Waals surface area (Å²) in [7, 11) is 1.54. The lowest BCUT2D eigenvalue weighted by atomic mass is 9.42. The number of hydrogen-bond donors (Lipinski definition) is 0. The molecular formula is C21H27NO3. The van der Waals surface area contributed by atoms with Gasteiger partial charge in [-0.05, 0) is 61.0 Å². The molecule has 0 amide bonds. The van der Waals surface area contributed by atoms with Crippen molar-refractivity contribution in [2.45, 2.75) is 51.4 Å². The van der Waals surface area contributed by atoms with Crippen molar-refractivity contribution >= 4 is 12.2 Å². The molecule has 2 saturated carbocycles. The lowest BCUT2D eigenvalue weighted by molar-refractivity contribution is -0.171. The van der Waals surface area contributed by atoms with E-state index in [1.54, 1.807) is 0 Å². The van der Waals surface area contributed by atoms with Gasteiger partial charge in [0.1, 0.15) is 5.76 Å². The minimum absolute atomic E-state index is 0.0283. The number of nitrogens with zero attached hydrogens (tertiary/aromatic N) is 1. The van der Waals surface area contributed by atoms with Gasteiger partial charge in [0.05, 0.1) is 25.3 Å². The number of rotatable bonds is 1. The highest BCUT2D eigenvalue weighted by molar-refractivity contribution is 5.82. The quantitative estimate of drug-likeness (QED) is 0.726. The molecule has 1 aliphatic heterocycles. The molecule has 25 heavy (non-hydrogen) atoms. The second-order valence-electron chi connectivity index (χ2n) is 8.78. The van der Waals surface area contributed by atoms with Gasteiger partial charge in [0.2, 0.25) is 0 Å². The molecule has 0 N–H and O–H groups in total. The molecule has 134 valence electrons. The first-order chi connectivity index (χ1) is 12.1. The van der Waals surface area contributed by atoms with Gasteiger partial charge in [-0.25, -0.2) is 0 Å². The summed E-state index contributed by atoms with van der Waals surface area (Å²) in [4.78, 5) is 17.6. The van der Waals surface area contributed by atoms with Crippen molar-refractivity contribution < 1.29 is 13.9 Å². The minimum Gasteiger partial charge on any atom is -0.469 e. The number of fused-ring (bicyclic) bond motifs is 2. The fourth-order valence-electron chi connectivity index (χ4n) is 7.14. The molecule has 1 aromatic rings. The van der Waals surface area contributed by atoms with Crippen molar-refractivity contribution in [2.24, 2.45) is 33.6 Å². The minimum atomic E-state index is -0.389. The first-order valence-corrected chi connectivity index (χ1v) is 9.78. The molecule has 2 heterocycles. The predicted molar refractivity (Wildman–Crippen MR) is 94.6 cm³/mol. The Kier molecular flexibility index (Phi) is 3.27. The number of aliphatic imine (C=N–C) groups is 1. The zero-order chi connectivity index (χ0) is 17.2. The van der Waals surface area contributed by atoms with Crippen LogP contribution in [-0.2, 0) is 16.0 Å². The summed E-state index contributed by atoms with van der Waals surface area (Å²) in [6, 6.07) is 2.16. The van der Waals surface area contributed by atoms with Gasteiger partial charge in [-0.3, -0.25) is 9.79 Å². The van der Waals surface area contributed by atoms with Crippen LogP contribution in [-0.4, -0.2) is 25.8 Å². The highest BCUT2D eigenvalue weighted by Gasteiger charge is 2.65. The van der Waals surface area contributed by atoms with Crippen molar-refractivity contribution in [3.63, 3.8) is 0 Å². The first kappa shape index (κ1) is 15.7. The highest BCUT2D eigenvalue weighted by atomic mass is 16.5. The highest BCUT2D eigenvalue weighted by Crippen LogP contribution is 2.66. The average molecular weight is 341 g/mol. The monoisotopic (exact) mass is 341 g/mol. The zero-order valence-corrected chi connectivity index (χ0v) is 15.2. The summed E-state index contributed by atoms with van der Waals surface area (Å²) < 4.78 is 11.1. The molecule has 4 nitrogen and oxygen atoms in total. The maximum atomic E-state index is 12.8.